The van der Waals surface area contributed by atoms with Gasteiger partial charge in [-0.15, -0.1) is 0 Å². The lowest BCUT2D eigenvalue weighted by Crippen LogP contribution is -2.49. The predicted molar refractivity (Wildman–Crippen MR) is 107 cm³/mol. The van der Waals surface area contributed by atoms with Crippen LogP contribution in [0.3, 0.4) is 0 Å². The van der Waals surface area contributed by atoms with Gasteiger partial charge in [-0.1, -0.05) is 41.9 Å². The van der Waals surface area contributed by atoms with Crippen molar-refractivity contribution in [2.75, 3.05) is 20.2 Å². The number of carbonyl (C=O) groups is 2. The highest BCUT2D eigenvalue weighted by Crippen LogP contribution is 2.21. The number of nitrogens with zero attached hydrogens (tertiary/aromatic N) is 1. The average molecular weight is 389 g/mol. The van der Waals surface area contributed by atoms with E-state index in [1.807, 2.05) is 37.3 Å². The van der Waals surface area contributed by atoms with Crippen LogP contribution in [0.4, 0.5) is 0 Å². The molecule has 1 N–H and O–H groups in total. The fraction of sp³-hybridized carbons (Fsp3) is 0.333. The number of ether oxygens (including phenoxy) is 1. The standard InChI is InChI=1S/C21H25ClN2O3/c1-15-13-18(9-10-19(15)22)27-14-20(25)24(16(2)21(26)23-3)12-11-17-7-5-4-6-8-17/h4-10,13,16H,11-12,14H2,1-3H3,(H,23,26)/t16-/m1/s1. The molecule has 5 nitrogen and oxygen atoms in total. The number of nitrogens with one attached hydrogen (secondary N) is 1. The zero-order valence-electron chi connectivity index (χ0n) is 15.9. The summed E-state index contributed by atoms with van der Waals surface area (Å²) < 4.78 is 5.62. The van der Waals surface area contributed by atoms with Crippen molar-refractivity contribution in [2.45, 2.75) is 26.3 Å². The van der Waals surface area contributed by atoms with Crippen molar-refractivity contribution < 1.29 is 14.3 Å². The minimum atomic E-state index is -0.582. The summed E-state index contributed by atoms with van der Waals surface area (Å²) in [7, 11) is 1.56. The Kier molecular flexibility index (Phi) is 7.67. The Balaban J connectivity index is 2.04. The van der Waals surface area contributed by atoms with Crippen LogP contribution >= 0.6 is 11.6 Å². The number of halogens is 1. The summed E-state index contributed by atoms with van der Waals surface area (Å²) in [4.78, 5) is 26.4. The molecule has 0 spiro atoms. The first-order chi connectivity index (χ1) is 12.9. The Morgan fingerprint density at radius 2 is 1.89 bits per heavy atom. The molecule has 27 heavy (non-hydrogen) atoms. The van der Waals surface area contributed by atoms with Crippen molar-refractivity contribution in [1.29, 1.82) is 0 Å². The van der Waals surface area contributed by atoms with E-state index in [0.29, 0.717) is 23.7 Å². The number of benzene rings is 2. The van der Waals surface area contributed by atoms with E-state index in [9.17, 15) is 9.59 Å². The number of carbonyl (C=O) groups excluding carboxylic acids is 2. The summed E-state index contributed by atoms with van der Waals surface area (Å²) in [6.07, 6.45) is 0.661. The molecule has 0 saturated carbocycles. The van der Waals surface area contributed by atoms with Crippen molar-refractivity contribution in [2.24, 2.45) is 0 Å². The predicted octanol–water partition coefficient (Wildman–Crippen LogP) is 3.23. The van der Waals surface area contributed by atoms with Crippen LogP contribution in [0.25, 0.3) is 0 Å². The summed E-state index contributed by atoms with van der Waals surface area (Å²) in [5.74, 6) is 0.120. The average Bonchev–Trinajstić information content (AvgIpc) is 2.69. The summed E-state index contributed by atoms with van der Waals surface area (Å²) in [5.41, 5.74) is 1.98. The van der Waals surface area contributed by atoms with Crippen LogP contribution < -0.4 is 10.1 Å². The lowest BCUT2D eigenvalue weighted by Gasteiger charge is -2.28. The van der Waals surface area contributed by atoms with Gasteiger partial charge >= 0.3 is 0 Å². The quantitative estimate of drug-likeness (QED) is 0.755. The van der Waals surface area contributed by atoms with E-state index in [0.717, 1.165) is 11.1 Å². The first-order valence-electron chi connectivity index (χ1n) is 8.86. The van der Waals surface area contributed by atoms with Crippen LogP contribution in [0.1, 0.15) is 18.1 Å². The van der Waals surface area contributed by atoms with Crippen molar-refractivity contribution in [1.82, 2.24) is 10.2 Å². The van der Waals surface area contributed by atoms with Crippen LogP contribution in [0.15, 0.2) is 48.5 Å². The Morgan fingerprint density at radius 1 is 1.19 bits per heavy atom. The van der Waals surface area contributed by atoms with E-state index >= 15 is 0 Å². The van der Waals surface area contributed by atoms with E-state index < -0.39 is 6.04 Å². The normalized spacial score (nSPS) is 11.6. The van der Waals surface area contributed by atoms with Gasteiger partial charge in [0.05, 0.1) is 0 Å². The smallest absolute Gasteiger partial charge is 0.261 e. The van der Waals surface area contributed by atoms with Gasteiger partial charge in [-0.05, 0) is 49.6 Å². The van der Waals surface area contributed by atoms with Crippen molar-refractivity contribution >= 4 is 23.4 Å². The van der Waals surface area contributed by atoms with Crippen LogP contribution in [-0.4, -0.2) is 43.0 Å². The second kappa shape index (κ2) is 9.97. The number of amides is 2. The molecule has 0 aliphatic rings. The van der Waals surface area contributed by atoms with Gasteiger partial charge in [-0.2, -0.15) is 0 Å². The Hall–Kier alpha value is -2.53. The number of rotatable bonds is 8. The Labute approximate surface area is 165 Å². The molecule has 2 amide bonds. The molecule has 0 fully saturated rings. The summed E-state index contributed by atoms with van der Waals surface area (Å²) in [6, 6.07) is 14.5. The molecule has 0 unspecified atom stereocenters. The minimum absolute atomic E-state index is 0.142. The van der Waals surface area contributed by atoms with Crippen molar-refractivity contribution in [3.8, 4) is 5.75 Å². The van der Waals surface area contributed by atoms with Crippen LogP contribution in [0, 0.1) is 6.92 Å². The SMILES string of the molecule is CNC(=O)[C@@H](C)N(CCc1ccccc1)C(=O)COc1ccc(Cl)c(C)c1. The third kappa shape index (κ3) is 6.00. The molecule has 0 aliphatic carbocycles. The third-order valence-corrected chi connectivity index (χ3v) is 4.81. The molecule has 6 heteroatoms. The van der Waals surface area contributed by atoms with Gasteiger partial charge < -0.3 is 15.0 Å². The van der Waals surface area contributed by atoms with Gasteiger partial charge in [-0.25, -0.2) is 0 Å². The third-order valence-electron chi connectivity index (χ3n) is 4.39. The number of likely N-dealkylation sites (N-methyl/N-ethyl adjacent to an activating group) is 1. The molecular weight excluding hydrogens is 364 g/mol. The molecule has 2 aromatic rings. The summed E-state index contributed by atoms with van der Waals surface area (Å²) in [5, 5.41) is 3.24. The monoisotopic (exact) mass is 388 g/mol. The van der Waals surface area contributed by atoms with Crippen molar-refractivity contribution in [3.63, 3.8) is 0 Å². The first-order valence-corrected chi connectivity index (χ1v) is 9.24. The maximum Gasteiger partial charge on any atom is 0.261 e. The van der Waals surface area contributed by atoms with Crippen LogP contribution in [-0.2, 0) is 16.0 Å². The second-order valence-electron chi connectivity index (χ2n) is 6.31. The van der Waals surface area contributed by atoms with Gasteiger partial charge in [0.2, 0.25) is 5.91 Å². The minimum Gasteiger partial charge on any atom is -0.484 e. The molecular formula is C21H25ClN2O3. The van der Waals surface area contributed by atoms with Gasteiger partial charge in [-0.3, -0.25) is 9.59 Å². The number of hydrogen-bond acceptors (Lipinski definition) is 3. The topological polar surface area (TPSA) is 58.6 Å². The fourth-order valence-electron chi connectivity index (χ4n) is 2.71. The lowest BCUT2D eigenvalue weighted by molar-refractivity contribution is -0.141. The van der Waals surface area contributed by atoms with Gasteiger partial charge in [0.1, 0.15) is 11.8 Å². The molecule has 144 valence electrons. The molecule has 2 rings (SSSR count). The summed E-state index contributed by atoms with van der Waals surface area (Å²) >= 11 is 6.01. The molecule has 0 radical (unpaired) electrons. The van der Waals surface area contributed by atoms with Gasteiger partial charge in [0.25, 0.3) is 5.91 Å². The molecule has 0 heterocycles. The summed E-state index contributed by atoms with van der Waals surface area (Å²) in [6.45, 7) is 3.88. The molecule has 0 saturated heterocycles. The zero-order valence-corrected chi connectivity index (χ0v) is 16.6. The van der Waals surface area contributed by atoms with E-state index in [4.69, 9.17) is 16.3 Å². The van der Waals surface area contributed by atoms with Crippen LogP contribution in [0.5, 0.6) is 5.75 Å². The van der Waals surface area contributed by atoms with Gasteiger partial charge in [0.15, 0.2) is 6.61 Å². The van der Waals surface area contributed by atoms with Gasteiger partial charge in [0, 0.05) is 18.6 Å². The number of hydrogen-bond donors (Lipinski definition) is 1. The Bertz CT molecular complexity index is 780. The fourth-order valence-corrected chi connectivity index (χ4v) is 2.83. The highest BCUT2D eigenvalue weighted by atomic mass is 35.5. The molecule has 0 aromatic heterocycles. The van der Waals surface area contributed by atoms with Crippen molar-refractivity contribution in [3.05, 3.63) is 64.7 Å². The largest absolute Gasteiger partial charge is 0.484 e. The zero-order chi connectivity index (χ0) is 19.8. The van der Waals surface area contributed by atoms with E-state index in [-0.39, 0.29) is 18.4 Å². The number of aryl methyl sites for hydroxylation is 1. The first kappa shape index (κ1) is 20.8. The maximum atomic E-state index is 12.7. The van der Waals surface area contributed by atoms with E-state index in [1.54, 1.807) is 37.1 Å². The highest BCUT2D eigenvalue weighted by molar-refractivity contribution is 6.31. The van der Waals surface area contributed by atoms with E-state index in [2.05, 4.69) is 5.32 Å². The highest BCUT2D eigenvalue weighted by Gasteiger charge is 2.25. The molecule has 2 aromatic carbocycles. The Morgan fingerprint density at radius 3 is 2.52 bits per heavy atom. The van der Waals surface area contributed by atoms with Crippen LogP contribution in [0.2, 0.25) is 5.02 Å². The lowest BCUT2D eigenvalue weighted by atomic mass is 10.1. The van der Waals surface area contributed by atoms with E-state index in [1.165, 1.54) is 0 Å². The maximum absolute atomic E-state index is 12.7. The molecule has 1 atom stereocenters. The molecule has 0 aliphatic heterocycles. The second-order valence-corrected chi connectivity index (χ2v) is 6.72. The molecule has 0 bridgehead atoms.